The van der Waals surface area contributed by atoms with Crippen molar-refractivity contribution in [2.24, 2.45) is 11.8 Å². The van der Waals surface area contributed by atoms with Gasteiger partial charge in [-0.25, -0.2) is 0 Å². The smallest absolute Gasteiger partial charge is 0.250 e. The molecule has 18 heavy (non-hydrogen) atoms. The van der Waals surface area contributed by atoms with Gasteiger partial charge in [0.1, 0.15) is 0 Å². The van der Waals surface area contributed by atoms with E-state index in [0.29, 0.717) is 25.0 Å². The molecular formula is C14H22N2O2. The Labute approximate surface area is 108 Å². The summed E-state index contributed by atoms with van der Waals surface area (Å²) in [6.07, 6.45) is 3.16. The van der Waals surface area contributed by atoms with Crippen LogP contribution >= 0.6 is 0 Å². The van der Waals surface area contributed by atoms with Crippen LogP contribution in [0.2, 0.25) is 0 Å². The van der Waals surface area contributed by atoms with Gasteiger partial charge in [0.25, 0.3) is 0 Å². The second-order valence-corrected chi connectivity index (χ2v) is 5.93. The fraction of sp³-hybridized carbons (Fsp3) is 0.786. The SMILES string of the molecule is CC1COCC(C)N1C(=O)C1=C[C@@H]2CNC[C@@H]2C1. The summed E-state index contributed by atoms with van der Waals surface area (Å²) < 4.78 is 5.49. The number of morpholine rings is 1. The zero-order valence-corrected chi connectivity index (χ0v) is 11.2. The topological polar surface area (TPSA) is 41.6 Å². The molecule has 0 saturated carbocycles. The number of hydrogen-bond acceptors (Lipinski definition) is 3. The van der Waals surface area contributed by atoms with E-state index in [1.54, 1.807) is 0 Å². The molecule has 0 bridgehead atoms. The summed E-state index contributed by atoms with van der Waals surface area (Å²) in [5, 5.41) is 3.39. The van der Waals surface area contributed by atoms with Crippen LogP contribution in [0.3, 0.4) is 0 Å². The summed E-state index contributed by atoms with van der Waals surface area (Å²) in [7, 11) is 0. The van der Waals surface area contributed by atoms with E-state index in [1.807, 2.05) is 4.90 Å². The maximum absolute atomic E-state index is 12.6. The first-order valence-electron chi connectivity index (χ1n) is 6.98. The number of ether oxygens (including phenoxy) is 1. The van der Waals surface area contributed by atoms with E-state index in [-0.39, 0.29) is 18.0 Å². The van der Waals surface area contributed by atoms with Gasteiger partial charge in [0.05, 0.1) is 25.3 Å². The molecule has 3 aliphatic rings. The largest absolute Gasteiger partial charge is 0.377 e. The number of nitrogens with zero attached hydrogens (tertiary/aromatic N) is 1. The Kier molecular flexibility index (Phi) is 3.16. The Bertz CT molecular complexity index is 370. The van der Waals surface area contributed by atoms with E-state index >= 15 is 0 Å². The van der Waals surface area contributed by atoms with Crippen molar-refractivity contribution in [2.45, 2.75) is 32.4 Å². The molecular weight excluding hydrogens is 228 g/mol. The summed E-state index contributed by atoms with van der Waals surface area (Å²) in [6.45, 7) is 7.58. The lowest BCUT2D eigenvalue weighted by molar-refractivity contribution is -0.140. The second kappa shape index (κ2) is 4.67. The first-order valence-corrected chi connectivity index (χ1v) is 6.98. The van der Waals surface area contributed by atoms with Crippen LogP contribution in [0.15, 0.2) is 11.6 Å². The van der Waals surface area contributed by atoms with E-state index in [0.717, 1.165) is 25.1 Å². The normalized spacial score (nSPS) is 39.7. The zero-order valence-electron chi connectivity index (χ0n) is 11.2. The number of amides is 1. The fourth-order valence-corrected chi connectivity index (χ4v) is 3.51. The number of fused-ring (bicyclic) bond motifs is 1. The molecule has 4 atom stereocenters. The van der Waals surface area contributed by atoms with Gasteiger partial charge in [0.15, 0.2) is 0 Å². The molecule has 1 amide bonds. The third-order valence-corrected chi connectivity index (χ3v) is 4.47. The summed E-state index contributed by atoms with van der Waals surface area (Å²) >= 11 is 0. The van der Waals surface area contributed by atoms with Gasteiger partial charge >= 0.3 is 0 Å². The molecule has 3 rings (SSSR count). The molecule has 1 aliphatic carbocycles. The van der Waals surface area contributed by atoms with E-state index in [1.165, 1.54) is 0 Å². The van der Waals surface area contributed by atoms with Gasteiger partial charge in [-0.1, -0.05) is 6.08 Å². The Morgan fingerprint density at radius 2 is 2.06 bits per heavy atom. The zero-order chi connectivity index (χ0) is 12.7. The predicted molar refractivity (Wildman–Crippen MR) is 69.1 cm³/mol. The third kappa shape index (κ3) is 1.97. The van der Waals surface area contributed by atoms with Gasteiger partial charge in [-0.05, 0) is 38.6 Å². The predicted octanol–water partition coefficient (Wildman–Crippen LogP) is 0.788. The Balaban J connectivity index is 1.74. The lowest BCUT2D eigenvalue weighted by Gasteiger charge is -2.39. The summed E-state index contributed by atoms with van der Waals surface area (Å²) in [5.41, 5.74) is 1.03. The molecule has 2 fully saturated rings. The van der Waals surface area contributed by atoms with Gasteiger partial charge in [-0.2, -0.15) is 0 Å². The van der Waals surface area contributed by atoms with Crippen molar-refractivity contribution in [3.8, 4) is 0 Å². The monoisotopic (exact) mass is 250 g/mol. The average Bonchev–Trinajstić information content (AvgIpc) is 2.88. The van der Waals surface area contributed by atoms with Crippen LogP contribution in [0.1, 0.15) is 20.3 Å². The quantitative estimate of drug-likeness (QED) is 0.748. The molecule has 4 heteroatoms. The molecule has 0 aromatic heterocycles. The molecule has 2 unspecified atom stereocenters. The fourth-order valence-electron chi connectivity index (χ4n) is 3.51. The van der Waals surface area contributed by atoms with Gasteiger partial charge < -0.3 is 15.0 Å². The van der Waals surface area contributed by atoms with Crippen LogP contribution in [0.4, 0.5) is 0 Å². The second-order valence-electron chi connectivity index (χ2n) is 5.93. The Hall–Kier alpha value is -0.870. The minimum Gasteiger partial charge on any atom is -0.377 e. The summed E-state index contributed by atoms with van der Waals surface area (Å²) in [5.74, 6) is 1.47. The maximum Gasteiger partial charge on any atom is 0.250 e. The van der Waals surface area contributed by atoms with Gasteiger partial charge in [-0.3, -0.25) is 4.79 Å². The van der Waals surface area contributed by atoms with Gasteiger partial charge in [0, 0.05) is 12.1 Å². The lowest BCUT2D eigenvalue weighted by Crippen LogP contribution is -2.52. The van der Waals surface area contributed by atoms with Gasteiger partial charge in [0.2, 0.25) is 5.91 Å². The standard InChI is InChI=1S/C14H22N2O2/c1-9-7-18-8-10(2)16(9)14(17)11-3-12-5-15-6-13(12)4-11/h3,9-10,12-13,15H,4-8H2,1-2H3/t9?,10?,12-,13+/m1/s1. The van der Waals surface area contributed by atoms with Crippen molar-refractivity contribution in [3.05, 3.63) is 11.6 Å². The number of carbonyl (C=O) groups is 1. The number of hydrogen-bond donors (Lipinski definition) is 1. The van der Waals surface area contributed by atoms with Crippen LogP contribution in [0.25, 0.3) is 0 Å². The van der Waals surface area contributed by atoms with E-state index in [4.69, 9.17) is 4.74 Å². The molecule has 2 aliphatic heterocycles. The highest BCUT2D eigenvalue weighted by Crippen LogP contribution is 2.34. The van der Waals surface area contributed by atoms with Crippen molar-refractivity contribution in [1.29, 1.82) is 0 Å². The minimum atomic E-state index is 0.195. The van der Waals surface area contributed by atoms with Crippen LogP contribution in [0, 0.1) is 11.8 Å². The molecule has 2 heterocycles. The summed E-state index contributed by atoms with van der Waals surface area (Å²) in [6, 6.07) is 0.390. The number of carbonyl (C=O) groups excluding carboxylic acids is 1. The minimum absolute atomic E-state index is 0.195. The highest BCUT2D eigenvalue weighted by atomic mass is 16.5. The number of nitrogens with one attached hydrogen (secondary N) is 1. The van der Waals surface area contributed by atoms with Gasteiger partial charge in [-0.15, -0.1) is 0 Å². The van der Waals surface area contributed by atoms with E-state index in [2.05, 4.69) is 25.2 Å². The Morgan fingerprint density at radius 3 is 2.72 bits per heavy atom. The van der Waals surface area contributed by atoms with E-state index in [9.17, 15) is 4.79 Å². The highest BCUT2D eigenvalue weighted by molar-refractivity contribution is 5.94. The van der Waals surface area contributed by atoms with Crippen LogP contribution in [-0.2, 0) is 9.53 Å². The van der Waals surface area contributed by atoms with Crippen molar-refractivity contribution >= 4 is 5.91 Å². The van der Waals surface area contributed by atoms with Crippen molar-refractivity contribution in [2.75, 3.05) is 26.3 Å². The molecule has 0 aromatic rings. The van der Waals surface area contributed by atoms with Crippen molar-refractivity contribution < 1.29 is 9.53 Å². The lowest BCUT2D eigenvalue weighted by atomic mass is 9.99. The molecule has 4 nitrogen and oxygen atoms in total. The number of rotatable bonds is 1. The maximum atomic E-state index is 12.6. The van der Waals surface area contributed by atoms with Crippen molar-refractivity contribution in [1.82, 2.24) is 10.2 Å². The molecule has 0 spiro atoms. The molecule has 100 valence electrons. The van der Waals surface area contributed by atoms with Crippen LogP contribution in [-0.4, -0.2) is 49.2 Å². The van der Waals surface area contributed by atoms with Crippen molar-refractivity contribution in [3.63, 3.8) is 0 Å². The molecule has 0 aromatic carbocycles. The first kappa shape index (κ1) is 12.2. The summed E-state index contributed by atoms with van der Waals surface area (Å²) in [4.78, 5) is 14.7. The third-order valence-electron chi connectivity index (χ3n) is 4.47. The molecule has 0 radical (unpaired) electrons. The average molecular weight is 250 g/mol. The molecule has 1 N–H and O–H groups in total. The first-order chi connectivity index (χ1) is 8.66. The highest BCUT2D eigenvalue weighted by Gasteiger charge is 2.38. The van der Waals surface area contributed by atoms with E-state index < -0.39 is 0 Å². The van der Waals surface area contributed by atoms with Crippen LogP contribution < -0.4 is 5.32 Å². The molecule has 2 saturated heterocycles. The Morgan fingerprint density at radius 1 is 1.33 bits per heavy atom. The van der Waals surface area contributed by atoms with Crippen LogP contribution in [0.5, 0.6) is 0 Å².